The van der Waals surface area contributed by atoms with E-state index in [4.69, 9.17) is 24.8 Å². The quantitative estimate of drug-likeness (QED) is 0.288. The van der Waals surface area contributed by atoms with Crippen LogP contribution in [0.4, 0.5) is 0 Å². The van der Waals surface area contributed by atoms with E-state index in [1.54, 1.807) is 0 Å². The van der Waals surface area contributed by atoms with Crippen molar-refractivity contribution in [2.75, 3.05) is 26.4 Å². The summed E-state index contributed by atoms with van der Waals surface area (Å²) in [6.45, 7) is 4.38. The predicted octanol–water partition coefficient (Wildman–Crippen LogP) is 0.440. The average Bonchev–Trinajstić information content (AvgIpc) is 2.52. The van der Waals surface area contributed by atoms with Crippen LogP contribution in [0.3, 0.4) is 0 Å². The molecule has 22 heavy (non-hydrogen) atoms. The fourth-order valence-corrected chi connectivity index (χ4v) is 1.49. The molecule has 0 spiro atoms. The molecule has 0 amide bonds. The molecule has 0 heterocycles. The number of aliphatic hydroxyl groups excluding tert-OH is 3. The number of carbonyl (C=O) groups excluding carboxylic acids is 2. The third-order valence-electron chi connectivity index (χ3n) is 2.75. The standard InChI is InChI=1S/C15H24O7/c1-11(5-3-7-16)14(19)22-13(6-4-8-17)12(2)15(20)21-10-9-18/h16-18H,1,3-10H2,2H3. The zero-order chi connectivity index (χ0) is 17.0. The molecule has 126 valence electrons. The highest BCUT2D eigenvalue weighted by atomic mass is 16.6. The number of ether oxygens (including phenoxy) is 2. The van der Waals surface area contributed by atoms with Gasteiger partial charge in [-0.05, 0) is 26.2 Å². The maximum atomic E-state index is 11.9. The molecule has 0 atom stereocenters. The van der Waals surface area contributed by atoms with Crippen LogP contribution in [-0.4, -0.2) is 53.7 Å². The Kier molecular flexibility index (Phi) is 11.0. The van der Waals surface area contributed by atoms with Crippen molar-refractivity contribution >= 4 is 11.9 Å². The normalized spacial score (nSPS) is 11.6. The molecule has 0 aliphatic rings. The number of hydrogen-bond donors (Lipinski definition) is 3. The third-order valence-corrected chi connectivity index (χ3v) is 2.75. The Morgan fingerprint density at radius 3 is 2.09 bits per heavy atom. The molecule has 0 saturated carbocycles. The fraction of sp³-hybridized carbons (Fsp3) is 0.600. The summed E-state index contributed by atoms with van der Waals surface area (Å²) >= 11 is 0. The van der Waals surface area contributed by atoms with Gasteiger partial charge in [0.1, 0.15) is 12.4 Å². The van der Waals surface area contributed by atoms with Gasteiger partial charge in [-0.3, -0.25) is 0 Å². The van der Waals surface area contributed by atoms with Gasteiger partial charge in [-0.15, -0.1) is 0 Å². The zero-order valence-corrected chi connectivity index (χ0v) is 12.8. The maximum absolute atomic E-state index is 11.9. The topological polar surface area (TPSA) is 113 Å². The molecule has 3 N–H and O–H groups in total. The number of allylic oxidation sites excluding steroid dienone is 1. The monoisotopic (exact) mass is 316 g/mol. The first-order chi connectivity index (χ1) is 10.5. The van der Waals surface area contributed by atoms with Crippen molar-refractivity contribution in [3.63, 3.8) is 0 Å². The van der Waals surface area contributed by atoms with Crippen LogP contribution >= 0.6 is 0 Å². The van der Waals surface area contributed by atoms with E-state index < -0.39 is 11.9 Å². The molecule has 0 aromatic rings. The largest absolute Gasteiger partial charge is 0.460 e. The summed E-state index contributed by atoms with van der Waals surface area (Å²) in [5.41, 5.74) is 0.289. The van der Waals surface area contributed by atoms with Gasteiger partial charge in [0.25, 0.3) is 0 Å². The first kappa shape index (κ1) is 20.3. The van der Waals surface area contributed by atoms with Crippen LogP contribution in [0.15, 0.2) is 23.5 Å². The molecule has 0 radical (unpaired) electrons. The van der Waals surface area contributed by atoms with E-state index in [0.717, 1.165) is 0 Å². The van der Waals surface area contributed by atoms with Crippen LogP contribution in [0, 0.1) is 0 Å². The Labute approximate surface area is 129 Å². The van der Waals surface area contributed by atoms with Gasteiger partial charge >= 0.3 is 11.9 Å². The van der Waals surface area contributed by atoms with Crippen LogP contribution in [0.1, 0.15) is 32.6 Å². The minimum Gasteiger partial charge on any atom is -0.460 e. The van der Waals surface area contributed by atoms with Gasteiger partial charge in [-0.2, -0.15) is 0 Å². The second-order valence-corrected chi connectivity index (χ2v) is 4.56. The second-order valence-electron chi connectivity index (χ2n) is 4.56. The molecule has 0 unspecified atom stereocenters. The molecule has 0 fully saturated rings. The summed E-state index contributed by atoms with van der Waals surface area (Å²) in [6.07, 6.45) is 1.18. The number of rotatable bonds is 11. The van der Waals surface area contributed by atoms with Gasteiger partial charge in [-0.1, -0.05) is 6.58 Å². The molecule has 0 aromatic heterocycles. The maximum Gasteiger partial charge on any atom is 0.338 e. The van der Waals surface area contributed by atoms with Crippen molar-refractivity contribution in [3.8, 4) is 0 Å². The van der Waals surface area contributed by atoms with Crippen LogP contribution in [-0.2, 0) is 19.1 Å². The SMILES string of the molecule is C=C(CCCO)C(=O)OC(CCCO)=C(C)C(=O)OCCO. The van der Waals surface area contributed by atoms with Crippen LogP contribution in [0.2, 0.25) is 0 Å². The van der Waals surface area contributed by atoms with Crippen molar-refractivity contribution in [3.05, 3.63) is 23.5 Å². The molecule has 0 rings (SSSR count). The lowest BCUT2D eigenvalue weighted by molar-refractivity contribution is -0.140. The summed E-state index contributed by atoms with van der Waals surface area (Å²) in [7, 11) is 0. The Morgan fingerprint density at radius 1 is 0.955 bits per heavy atom. The van der Waals surface area contributed by atoms with E-state index >= 15 is 0 Å². The van der Waals surface area contributed by atoms with Crippen molar-refractivity contribution in [1.29, 1.82) is 0 Å². The summed E-state index contributed by atoms with van der Waals surface area (Å²) in [4.78, 5) is 23.6. The minimum absolute atomic E-state index is 0.0635. The highest BCUT2D eigenvalue weighted by Crippen LogP contribution is 2.17. The molecular formula is C15H24O7. The molecular weight excluding hydrogens is 292 g/mol. The van der Waals surface area contributed by atoms with Crippen molar-refractivity contribution in [2.24, 2.45) is 0 Å². The Bertz CT molecular complexity index is 412. The highest BCUT2D eigenvalue weighted by molar-refractivity contribution is 5.91. The molecule has 0 aliphatic carbocycles. The van der Waals surface area contributed by atoms with E-state index in [1.165, 1.54) is 6.92 Å². The lowest BCUT2D eigenvalue weighted by Crippen LogP contribution is -2.15. The second kappa shape index (κ2) is 11.9. The van der Waals surface area contributed by atoms with Gasteiger partial charge < -0.3 is 24.8 Å². The Balaban J connectivity index is 4.91. The number of aliphatic hydroxyl groups is 3. The Hall–Kier alpha value is -1.70. The van der Waals surface area contributed by atoms with Crippen LogP contribution in [0.25, 0.3) is 0 Å². The molecule has 0 saturated heterocycles. The summed E-state index contributed by atoms with van der Waals surface area (Å²) in [6, 6.07) is 0. The van der Waals surface area contributed by atoms with Gasteiger partial charge in [0, 0.05) is 25.2 Å². The smallest absolute Gasteiger partial charge is 0.338 e. The third kappa shape index (κ3) is 7.92. The molecule has 7 nitrogen and oxygen atoms in total. The summed E-state index contributed by atoms with van der Waals surface area (Å²) in [5, 5.41) is 26.2. The molecule has 0 aliphatic heterocycles. The molecule has 0 aromatic carbocycles. The average molecular weight is 316 g/mol. The van der Waals surface area contributed by atoms with E-state index in [0.29, 0.717) is 12.8 Å². The van der Waals surface area contributed by atoms with Crippen LogP contribution < -0.4 is 0 Å². The van der Waals surface area contributed by atoms with E-state index in [9.17, 15) is 9.59 Å². The van der Waals surface area contributed by atoms with Gasteiger partial charge in [0.15, 0.2) is 0 Å². The van der Waals surface area contributed by atoms with E-state index in [2.05, 4.69) is 6.58 Å². The van der Waals surface area contributed by atoms with Crippen molar-refractivity contribution in [1.82, 2.24) is 0 Å². The minimum atomic E-state index is -0.698. The van der Waals surface area contributed by atoms with Gasteiger partial charge in [0.05, 0.1) is 12.2 Å². The number of hydrogen-bond acceptors (Lipinski definition) is 7. The molecule has 7 heteroatoms. The van der Waals surface area contributed by atoms with Crippen molar-refractivity contribution in [2.45, 2.75) is 32.6 Å². The Morgan fingerprint density at radius 2 is 1.55 bits per heavy atom. The van der Waals surface area contributed by atoms with E-state index in [1.807, 2.05) is 0 Å². The summed E-state index contributed by atoms with van der Waals surface area (Å²) < 4.78 is 9.92. The highest BCUT2D eigenvalue weighted by Gasteiger charge is 2.18. The zero-order valence-electron chi connectivity index (χ0n) is 12.8. The van der Waals surface area contributed by atoms with Crippen LogP contribution in [0.5, 0.6) is 0 Å². The van der Waals surface area contributed by atoms with Gasteiger partial charge in [-0.25, -0.2) is 9.59 Å². The van der Waals surface area contributed by atoms with E-state index in [-0.39, 0.29) is 56.2 Å². The summed E-state index contributed by atoms with van der Waals surface area (Å²) in [5.74, 6) is -1.28. The fourth-order valence-electron chi connectivity index (χ4n) is 1.49. The number of carbonyl (C=O) groups is 2. The van der Waals surface area contributed by atoms with Gasteiger partial charge in [0.2, 0.25) is 0 Å². The predicted molar refractivity (Wildman–Crippen MR) is 78.6 cm³/mol. The first-order valence-electron chi connectivity index (χ1n) is 7.07. The first-order valence-corrected chi connectivity index (χ1v) is 7.07. The molecule has 0 bridgehead atoms. The van der Waals surface area contributed by atoms with Crippen molar-refractivity contribution < 1.29 is 34.4 Å². The lowest BCUT2D eigenvalue weighted by atomic mass is 10.1. The lowest BCUT2D eigenvalue weighted by Gasteiger charge is -2.13. The number of esters is 2.